The summed E-state index contributed by atoms with van der Waals surface area (Å²) in [4.78, 5) is 18.2. The van der Waals surface area contributed by atoms with Gasteiger partial charge < -0.3 is 20.4 Å². The number of nitrogen functional groups attached to an aromatic ring is 1. The maximum Gasteiger partial charge on any atom is 0.220 e. The van der Waals surface area contributed by atoms with Crippen LogP contribution in [0.25, 0.3) is 22.3 Å². The Kier molecular flexibility index (Phi) is 3.34. The molecule has 3 N–H and O–H groups in total. The molecular weight excluding hydrogens is 292 g/mol. The first-order valence-electron chi connectivity index (χ1n) is 7.62. The summed E-state index contributed by atoms with van der Waals surface area (Å²) in [5, 5.41) is 1.04. The van der Waals surface area contributed by atoms with Gasteiger partial charge in [0.15, 0.2) is 0 Å². The van der Waals surface area contributed by atoms with Gasteiger partial charge in [-0.2, -0.15) is 0 Å². The molecule has 3 aromatic heterocycles. The third kappa shape index (κ3) is 2.29. The molecule has 1 aliphatic heterocycles. The molecule has 0 spiro atoms. The van der Waals surface area contributed by atoms with Crippen molar-refractivity contribution in [2.45, 2.75) is 19.1 Å². The highest BCUT2D eigenvalue weighted by molar-refractivity contribution is 6.02. The van der Waals surface area contributed by atoms with Gasteiger partial charge in [-0.3, -0.25) is 0 Å². The van der Waals surface area contributed by atoms with E-state index in [-0.39, 0.29) is 12.2 Å². The molecule has 1 saturated heterocycles. The molecule has 0 aromatic carbocycles. The van der Waals surface area contributed by atoms with E-state index in [1.165, 1.54) is 0 Å². The van der Waals surface area contributed by atoms with Gasteiger partial charge in [0, 0.05) is 37.8 Å². The number of aromatic nitrogens is 4. The molecule has 0 amide bonds. The van der Waals surface area contributed by atoms with Crippen molar-refractivity contribution in [3.63, 3.8) is 0 Å². The lowest BCUT2D eigenvalue weighted by Crippen LogP contribution is -2.30. The Labute approximate surface area is 133 Å². The summed E-state index contributed by atoms with van der Waals surface area (Å²) in [5.74, 6) is 0.262. The molecule has 4 rings (SSSR count). The summed E-state index contributed by atoms with van der Waals surface area (Å²) in [6.07, 6.45) is 7.64. The van der Waals surface area contributed by atoms with Crippen molar-refractivity contribution in [2.75, 3.05) is 24.3 Å². The van der Waals surface area contributed by atoms with Crippen LogP contribution in [0.3, 0.4) is 0 Å². The topological polar surface area (TPSA) is 93.0 Å². The fourth-order valence-electron chi connectivity index (χ4n) is 3.26. The lowest BCUT2D eigenvalue weighted by atomic mass is 10.1. The van der Waals surface area contributed by atoms with Crippen LogP contribution in [0.5, 0.6) is 0 Å². The molecule has 1 fully saturated rings. The molecule has 23 heavy (non-hydrogen) atoms. The number of ether oxygens (including phenoxy) is 1. The Morgan fingerprint density at radius 1 is 1.30 bits per heavy atom. The fourth-order valence-corrected chi connectivity index (χ4v) is 3.26. The molecule has 0 bridgehead atoms. The second-order valence-electron chi connectivity index (χ2n) is 5.58. The number of pyridine rings is 1. The van der Waals surface area contributed by atoms with E-state index in [1.54, 1.807) is 13.3 Å². The molecule has 0 radical (unpaired) electrons. The van der Waals surface area contributed by atoms with Crippen molar-refractivity contribution >= 4 is 22.7 Å². The summed E-state index contributed by atoms with van der Waals surface area (Å²) >= 11 is 0. The molecule has 4 heterocycles. The van der Waals surface area contributed by atoms with Gasteiger partial charge in [0.1, 0.15) is 11.9 Å². The van der Waals surface area contributed by atoms with E-state index >= 15 is 0 Å². The maximum absolute atomic E-state index is 5.73. The van der Waals surface area contributed by atoms with Crippen LogP contribution in [-0.2, 0) is 4.74 Å². The van der Waals surface area contributed by atoms with Crippen molar-refractivity contribution in [3.05, 3.63) is 30.7 Å². The molecule has 1 atom stereocenters. The zero-order chi connectivity index (χ0) is 15.8. The van der Waals surface area contributed by atoms with E-state index in [1.807, 2.05) is 24.5 Å². The summed E-state index contributed by atoms with van der Waals surface area (Å²) in [7, 11) is 1.75. The number of hydrogen-bond acceptors (Lipinski definition) is 6. The summed E-state index contributed by atoms with van der Waals surface area (Å²) < 4.78 is 5.62. The van der Waals surface area contributed by atoms with E-state index in [4.69, 9.17) is 10.5 Å². The van der Waals surface area contributed by atoms with E-state index in [0.29, 0.717) is 0 Å². The Bertz CT molecular complexity index is 845. The van der Waals surface area contributed by atoms with Gasteiger partial charge >= 0.3 is 0 Å². The molecule has 0 aliphatic carbocycles. The van der Waals surface area contributed by atoms with Gasteiger partial charge in [-0.15, -0.1) is 0 Å². The molecule has 118 valence electrons. The SMILES string of the molecule is CO[C@H]1CCCN1c1ccnc2[nH]cc(-c3ccnc(N)n3)c12. The zero-order valence-electron chi connectivity index (χ0n) is 12.9. The monoisotopic (exact) mass is 310 g/mol. The number of fused-ring (bicyclic) bond motifs is 1. The average Bonchev–Trinajstić information content (AvgIpc) is 3.21. The highest BCUT2D eigenvalue weighted by Gasteiger charge is 2.27. The van der Waals surface area contributed by atoms with Gasteiger partial charge in [0.25, 0.3) is 0 Å². The van der Waals surface area contributed by atoms with Crippen LogP contribution >= 0.6 is 0 Å². The minimum atomic E-state index is 0.0961. The largest absolute Gasteiger partial charge is 0.368 e. The van der Waals surface area contributed by atoms with E-state index in [2.05, 4.69) is 24.8 Å². The molecule has 7 heteroatoms. The predicted molar refractivity (Wildman–Crippen MR) is 88.9 cm³/mol. The Morgan fingerprint density at radius 3 is 3.00 bits per heavy atom. The summed E-state index contributed by atoms with van der Waals surface area (Å²) in [5.41, 5.74) is 9.42. The van der Waals surface area contributed by atoms with E-state index < -0.39 is 0 Å². The van der Waals surface area contributed by atoms with Crippen LogP contribution < -0.4 is 10.6 Å². The van der Waals surface area contributed by atoms with Crippen molar-refractivity contribution in [1.29, 1.82) is 0 Å². The number of nitrogens with two attached hydrogens (primary N) is 1. The third-order valence-corrected chi connectivity index (χ3v) is 4.28. The molecule has 3 aromatic rings. The fraction of sp³-hybridized carbons (Fsp3) is 0.312. The van der Waals surface area contributed by atoms with Crippen molar-refractivity contribution in [3.8, 4) is 11.3 Å². The number of anilines is 2. The minimum Gasteiger partial charge on any atom is -0.368 e. The first kappa shape index (κ1) is 14.0. The number of rotatable bonds is 3. The molecule has 7 nitrogen and oxygen atoms in total. The number of hydrogen-bond donors (Lipinski definition) is 2. The standard InChI is InChI=1S/C16H18N6O/c1-23-13-3-2-8-22(13)12-5-7-18-15-14(12)10(9-20-15)11-4-6-19-16(17)21-11/h4-7,9,13H,2-3,8H2,1H3,(H,18,20)(H2,17,19,21)/t13-/m0/s1. The lowest BCUT2D eigenvalue weighted by molar-refractivity contribution is 0.111. The Balaban J connectivity index is 1.91. The number of H-pyrrole nitrogens is 1. The number of nitrogens with zero attached hydrogens (tertiary/aromatic N) is 4. The molecular formula is C16H18N6O. The second kappa shape index (κ2) is 5.51. The zero-order valence-corrected chi connectivity index (χ0v) is 12.9. The summed E-state index contributed by atoms with van der Waals surface area (Å²) in [6.45, 7) is 0.966. The van der Waals surface area contributed by atoms with E-state index in [9.17, 15) is 0 Å². The highest BCUT2D eigenvalue weighted by Crippen LogP contribution is 2.37. The van der Waals surface area contributed by atoms with Crippen LogP contribution in [0.1, 0.15) is 12.8 Å². The smallest absolute Gasteiger partial charge is 0.220 e. The van der Waals surface area contributed by atoms with Gasteiger partial charge in [0.2, 0.25) is 5.95 Å². The Morgan fingerprint density at radius 2 is 2.17 bits per heavy atom. The highest BCUT2D eigenvalue weighted by atomic mass is 16.5. The van der Waals surface area contributed by atoms with Crippen LogP contribution in [0, 0.1) is 0 Å². The first-order valence-corrected chi connectivity index (χ1v) is 7.62. The number of nitrogens with one attached hydrogen (secondary N) is 1. The normalized spacial score (nSPS) is 18.0. The predicted octanol–water partition coefficient (Wildman–Crippen LogP) is 2.17. The van der Waals surface area contributed by atoms with Crippen LogP contribution in [0.15, 0.2) is 30.7 Å². The van der Waals surface area contributed by atoms with Crippen molar-refractivity contribution in [1.82, 2.24) is 19.9 Å². The molecule has 0 saturated carbocycles. The average molecular weight is 310 g/mol. The quantitative estimate of drug-likeness (QED) is 0.770. The van der Waals surface area contributed by atoms with Gasteiger partial charge in [-0.1, -0.05) is 0 Å². The minimum absolute atomic E-state index is 0.0961. The lowest BCUT2D eigenvalue weighted by Gasteiger charge is -2.26. The second-order valence-corrected chi connectivity index (χ2v) is 5.58. The van der Waals surface area contributed by atoms with Gasteiger partial charge in [0.05, 0.1) is 16.8 Å². The summed E-state index contributed by atoms with van der Waals surface area (Å²) in [6, 6.07) is 3.88. The van der Waals surface area contributed by atoms with Crippen LogP contribution in [0.4, 0.5) is 11.6 Å². The van der Waals surface area contributed by atoms with E-state index in [0.717, 1.165) is 47.4 Å². The van der Waals surface area contributed by atoms with Crippen LogP contribution in [0.2, 0.25) is 0 Å². The number of methoxy groups -OCH3 is 1. The Hall–Kier alpha value is -2.67. The van der Waals surface area contributed by atoms with Gasteiger partial charge in [-0.25, -0.2) is 15.0 Å². The first-order chi connectivity index (χ1) is 11.3. The third-order valence-electron chi connectivity index (χ3n) is 4.28. The molecule has 1 aliphatic rings. The van der Waals surface area contributed by atoms with Gasteiger partial charge in [-0.05, 0) is 25.0 Å². The van der Waals surface area contributed by atoms with Crippen molar-refractivity contribution in [2.24, 2.45) is 0 Å². The van der Waals surface area contributed by atoms with Crippen molar-refractivity contribution < 1.29 is 4.74 Å². The maximum atomic E-state index is 5.73. The number of aromatic amines is 1. The molecule has 0 unspecified atom stereocenters. The van der Waals surface area contributed by atoms with Crippen LogP contribution in [-0.4, -0.2) is 39.8 Å².